The molecule has 0 radical (unpaired) electrons. The molecule has 0 fully saturated rings. The van der Waals surface area contributed by atoms with Crippen LogP contribution in [0.25, 0.3) is 33.3 Å². The molecule has 2 N–H and O–H groups in total. The molecule has 0 unspecified atom stereocenters. The van der Waals surface area contributed by atoms with Gasteiger partial charge in [0.25, 0.3) is 0 Å². The van der Waals surface area contributed by atoms with Crippen LogP contribution in [-0.4, -0.2) is 32.0 Å². The van der Waals surface area contributed by atoms with Gasteiger partial charge in [0.1, 0.15) is 0 Å². The normalized spacial score (nSPS) is 11.0. The zero-order valence-corrected chi connectivity index (χ0v) is 15.5. The highest BCUT2D eigenvalue weighted by Crippen LogP contribution is 2.29. The Morgan fingerprint density at radius 1 is 0.963 bits per heavy atom. The van der Waals surface area contributed by atoms with Crippen molar-refractivity contribution in [3.05, 3.63) is 66.2 Å². The Labute approximate surface area is 160 Å². The lowest BCUT2D eigenvalue weighted by Gasteiger charge is -2.08. The van der Waals surface area contributed by atoms with Gasteiger partial charge in [-0.05, 0) is 52.6 Å². The first kappa shape index (κ1) is 17.3. The number of benzene rings is 3. The van der Waals surface area contributed by atoms with Crippen LogP contribution in [0.5, 0.6) is 0 Å². The van der Waals surface area contributed by atoms with Crippen molar-refractivity contribution in [1.29, 1.82) is 0 Å². The van der Waals surface area contributed by atoms with Crippen LogP contribution in [0.3, 0.4) is 0 Å². The predicted molar refractivity (Wildman–Crippen MR) is 108 cm³/mol. The van der Waals surface area contributed by atoms with Crippen molar-refractivity contribution in [2.75, 3.05) is 5.75 Å². The quantitative estimate of drug-likeness (QED) is 0.491. The van der Waals surface area contributed by atoms with Gasteiger partial charge in [-0.2, -0.15) is 0 Å². The van der Waals surface area contributed by atoms with Gasteiger partial charge >= 0.3 is 5.97 Å². The molecule has 0 saturated carbocycles. The van der Waals surface area contributed by atoms with Gasteiger partial charge in [-0.15, -0.1) is 10.2 Å². The number of H-pyrrole nitrogens is 1. The molecular weight excluding hydrogens is 358 g/mol. The summed E-state index contributed by atoms with van der Waals surface area (Å²) < 4.78 is 0. The van der Waals surface area contributed by atoms with Gasteiger partial charge in [0.05, 0.1) is 5.75 Å². The summed E-state index contributed by atoms with van der Waals surface area (Å²) in [6, 6.07) is 21.0. The molecule has 134 valence electrons. The van der Waals surface area contributed by atoms with E-state index in [9.17, 15) is 4.79 Å². The number of thioether (sulfide) groups is 1. The minimum atomic E-state index is -0.882. The fraction of sp³-hybridized carbons (Fsp3) is 0.0952. The average Bonchev–Trinajstić information content (AvgIpc) is 3.15. The van der Waals surface area contributed by atoms with Crippen molar-refractivity contribution in [2.45, 2.75) is 12.1 Å². The predicted octanol–water partition coefficient (Wildman–Crippen LogP) is 4.78. The molecule has 0 aliphatic rings. The highest BCUT2D eigenvalue weighted by Gasteiger charge is 2.10. The molecule has 0 amide bonds. The van der Waals surface area contributed by atoms with Crippen LogP contribution in [-0.2, 0) is 4.79 Å². The molecule has 0 aliphatic heterocycles. The second kappa shape index (κ2) is 7.25. The van der Waals surface area contributed by atoms with E-state index < -0.39 is 5.97 Å². The number of aromatic amines is 1. The van der Waals surface area contributed by atoms with Crippen molar-refractivity contribution >= 4 is 28.5 Å². The summed E-state index contributed by atoms with van der Waals surface area (Å²) in [5, 5.41) is 19.9. The molecule has 6 heteroatoms. The Hall–Kier alpha value is -3.12. The lowest BCUT2D eigenvalue weighted by atomic mass is 9.97. The number of nitrogens with one attached hydrogen (secondary N) is 1. The van der Waals surface area contributed by atoms with Crippen molar-refractivity contribution in [2.24, 2.45) is 0 Å². The summed E-state index contributed by atoms with van der Waals surface area (Å²) in [4.78, 5) is 13.8. The Morgan fingerprint density at radius 3 is 2.56 bits per heavy atom. The van der Waals surface area contributed by atoms with Crippen LogP contribution in [0, 0.1) is 6.92 Å². The van der Waals surface area contributed by atoms with Crippen LogP contribution < -0.4 is 0 Å². The topological polar surface area (TPSA) is 78.9 Å². The van der Waals surface area contributed by atoms with Gasteiger partial charge in [0.2, 0.25) is 0 Å². The molecule has 0 atom stereocenters. The van der Waals surface area contributed by atoms with Crippen molar-refractivity contribution in [3.8, 4) is 22.5 Å². The molecule has 1 aromatic heterocycles. The highest BCUT2D eigenvalue weighted by atomic mass is 32.2. The summed E-state index contributed by atoms with van der Waals surface area (Å²) in [5.41, 5.74) is 4.28. The van der Waals surface area contributed by atoms with E-state index in [-0.39, 0.29) is 5.75 Å². The molecule has 27 heavy (non-hydrogen) atoms. The van der Waals surface area contributed by atoms with Crippen molar-refractivity contribution in [3.63, 3.8) is 0 Å². The zero-order chi connectivity index (χ0) is 18.8. The second-order valence-electron chi connectivity index (χ2n) is 6.31. The first-order valence-electron chi connectivity index (χ1n) is 8.47. The molecule has 0 bridgehead atoms. The first-order chi connectivity index (χ1) is 13.1. The Kier molecular flexibility index (Phi) is 4.64. The maximum Gasteiger partial charge on any atom is 0.313 e. The number of carboxylic acids is 1. The van der Waals surface area contributed by atoms with E-state index in [0.717, 1.165) is 34.0 Å². The van der Waals surface area contributed by atoms with Gasteiger partial charge in [0.15, 0.2) is 11.0 Å². The minimum Gasteiger partial charge on any atom is -0.481 e. The monoisotopic (exact) mass is 375 g/mol. The summed E-state index contributed by atoms with van der Waals surface area (Å²) in [7, 11) is 0. The van der Waals surface area contributed by atoms with Crippen LogP contribution in [0.2, 0.25) is 0 Å². The van der Waals surface area contributed by atoms with Gasteiger partial charge in [-0.3, -0.25) is 4.79 Å². The third-order valence-electron chi connectivity index (χ3n) is 4.23. The number of nitrogens with zero attached hydrogens (tertiary/aromatic N) is 2. The number of fused-ring (bicyclic) bond motifs is 1. The molecule has 1 heterocycles. The van der Waals surface area contributed by atoms with Gasteiger partial charge in [-0.1, -0.05) is 54.2 Å². The SMILES string of the molecule is Cc1cc(-c2ccc3ccccc3c2)cc(-c2nnc(SCC(=O)O)[nH]2)c1. The standard InChI is InChI=1S/C21H17N3O2S/c1-13-8-17(16-7-6-14-4-2-3-5-15(14)10-16)11-18(9-13)20-22-21(24-23-20)27-12-19(25)26/h2-11H,12H2,1H3,(H,25,26)(H,22,23,24). The number of carboxylic acid groups (broad SMARTS) is 1. The fourth-order valence-corrected chi connectivity index (χ4v) is 3.55. The molecule has 0 spiro atoms. The zero-order valence-electron chi connectivity index (χ0n) is 14.6. The van der Waals surface area contributed by atoms with Crippen molar-refractivity contribution in [1.82, 2.24) is 15.2 Å². The van der Waals surface area contributed by atoms with E-state index in [0.29, 0.717) is 11.0 Å². The van der Waals surface area contributed by atoms with Crippen molar-refractivity contribution < 1.29 is 9.90 Å². The van der Waals surface area contributed by atoms with E-state index in [2.05, 4.69) is 57.6 Å². The molecule has 3 aromatic carbocycles. The molecule has 5 nitrogen and oxygen atoms in total. The van der Waals surface area contributed by atoms with E-state index in [1.165, 1.54) is 10.8 Å². The smallest absolute Gasteiger partial charge is 0.313 e. The number of aliphatic carboxylic acids is 1. The van der Waals surface area contributed by atoms with E-state index >= 15 is 0 Å². The summed E-state index contributed by atoms with van der Waals surface area (Å²) >= 11 is 1.12. The number of hydrogen-bond acceptors (Lipinski definition) is 4. The minimum absolute atomic E-state index is 0.0508. The van der Waals surface area contributed by atoms with Gasteiger partial charge in [-0.25, -0.2) is 0 Å². The molecule has 4 rings (SSSR count). The van der Waals surface area contributed by atoms with Gasteiger partial charge in [0, 0.05) is 5.56 Å². The summed E-state index contributed by atoms with van der Waals surface area (Å²) in [6.45, 7) is 2.05. The number of carbonyl (C=O) groups is 1. The Bertz CT molecular complexity index is 1140. The number of aromatic nitrogens is 3. The van der Waals surface area contributed by atoms with Gasteiger partial charge < -0.3 is 10.1 Å². The number of hydrogen-bond donors (Lipinski definition) is 2. The van der Waals surface area contributed by atoms with E-state index in [4.69, 9.17) is 5.11 Å². The fourth-order valence-electron chi connectivity index (χ4n) is 3.03. The molecule has 0 aliphatic carbocycles. The third kappa shape index (κ3) is 3.85. The summed E-state index contributed by atoms with van der Waals surface area (Å²) in [6.07, 6.45) is 0. The third-order valence-corrected chi connectivity index (χ3v) is 5.08. The van der Waals surface area contributed by atoms with Crippen LogP contribution >= 0.6 is 11.8 Å². The van der Waals surface area contributed by atoms with Crippen LogP contribution in [0.4, 0.5) is 0 Å². The molecule has 0 saturated heterocycles. The second-order valence-corrected chi connectivity index (χ2v) is 7.27. The first-order valence-corrected chi connectivity index (χ1v) is 9.45. The largest absolute Gasteiger partial charge is 0.481 e. The van der Waals surface area contributed by atoms with E-state index in [1.54, 1.807) is 0 Å². The summed E-state index contributed by atoms with van der Waals surface area (Å²) in [5.74, 6) is -0.300. The number of rotatable bonds is 5. The van der Waals surface area contributed by atoms with E-state index in [1.807, 2.05) is 25.1 Å². The van der Waals surface area contributed by atoms with Crippen LogP contribution in [0.15, 0.2) is 65.8 Å². The molecule has 4 aromatic rings. The lowest BCUT2D eigenvalue weighted by Crippen LogP contribution is -1.97. The molecular formula is C21H17N3O2S. The lowest BCUT2D eigenvalue weighted by molar-refractivity contribution is -0.133. The highest BCUT2D eigenvalue weighted by molar-refractivity contribution is 7.99. The number of aryl methyl sites for hydroxylation is 1. The maximum absolute atomic E-state index is 10.7. The maximum atomic E-state index is 10.7. The van der Waals surface area contributed by atoms with Crippen LogP contribution in [0.1, 0.15) is 5.56 Å². The Morgan fingerprint density at radius 2 is 1.74 bits per heavy atom. The average molecular weight is 375 g/mol. The Balaban J connectivity index is 1.69.